The van der Waals surface area contributed by atoms with Crippen LogP contribution < -0.4 is 10.6 Å². The lowest BCUT2D eigenvalue weighted by atomic mass is 10.1. The van der Waals surface area contributed by atoms with Crippen LogP contribution in [0.25, 0.3) is 0 Å². The predicted molar refractivity (Wildman–Crippen MR) is 111 cm³/mol. The second kappa shape index (κ2) is 9.84. The molecule has 1 aromatic rings. The highest BCUT2D eigenvalue weighted by Crippen LogP contribution is 2.14. The summed E-state index contributed by atoms with van der Waals surface area (Å²) in [6.45, 7) is 9.85. The molecular weight excluding hydrogens is 370 g/mol. The Hall–Kier alpha value is -2.45. The Morgan fingerprint density at radius 1 is 1.14 bits per heavy atom. The highest BCUT2D eigenvalue weighted by atomic mass is 16.2. The molecule has 2 heterocycles. The van der Waals surface area contributed by atoms with Gasteiger partial charge in [0, 0.05) is 45.0 Å². The van der Waals surface area contributed by atoms with E-state index in [0.29, 0.717) is 25.3 Å². The van der Waals surface area contributed by atoms with Crippen LogP contribution in [0.2, 0.25) is 0 Å². The number of hydrogen-bond acceptors (Lipinski definition) is 5. The van der Waals surface area contributed by atoms with Gasteiger partial charge < -0.3 is 20.4 Å². The Labute approximate surface area is 172 Å². The molecular formula is C21H31N5O3. The zero-order valence-electron chi connectivity index (χ0n) is 17.3. The minimum atomic E-state index is -0.766. The molecule has 2 fully saturated rings. The molecule has 2 saturated heterocycles. The smallest absolute Gasteiger partial charge is 0.243 e. The second-order valence-corrected chi connectivity index (χ2v) is 7.73. The van der Waals surface area contributed by atoms with E-state index in [1.54, 1.807) is 4.90 Å². The fraction of sp³-hybridized carbons (Fsp3) is 0.571. The Kier molecular flexibility index (Phi) is 7.22. The number of carbonyl (C=O) groups is 3. The Morgan fingerprint density at radius 2 is 1.86 bits per heavy atom. The molecule has 0 radical (unpaired) electrons. The first-order valence-electron chi connectivity index (χ1n) is 10.3. The number of nitrogens with one attached hydrogen (secondary N) is 2. The van der Waals surface area contributed by atoms with Gasteiger partial charge >= 0.3 is 0 Å². The van der Waals surface area contributed by atoms with Gasteiger partial charge in [0.05, 0.1) is 13.0 Å². The maximum Gasteiger partial charge on any atom is 0.243 e. The van der Waals surface area contributed by atoms with Crippen LogP contribution in [0, 0.1) is 6.92 Å². The van der Waals surface area contributed by atoms with Crippen molar-refractivity contribution >= 4 is 23.4 Å². The van der Waals surface area contributed by atoms with Gasteiger partial charge in [0.2, 0.25) is 17.7 Å². The first kappa shape index (κ1) is 21.3. The van der Waals surface area contributed by atoms with Crippen LogP contribution in [0.3, 0.4) is 0 Å². The minimum absolute atomic E-state index is 0.0465. The molecule has 0 saturated carbocycles. The third-order valence-corrected chi connectivity index (χ3v) is 5.60. The number of carbonyl (C=O) groups excluding carboxylic acids is 3. The quantitative estimate of drug-likeness (QED) is 0.716. The van der Waals surface area contributed by atoms with Crippen molar-refractivity contribution in [2.24, 2.45) is 0 Å². The largest absolute Gasteiger partial charge is 0.353 e. The number of nitrogens with zero attached hydrogens (tertiary/aromatic N) is 3. The molecule has 158 valence electrons. The van der Waals surface area contributed by atoms with Gasteiger partial charge in [-0.2, -0.15) is 0 Å². The molecule has 2 aliphatic heterocycles. The van der Waals surface area contributed by atoms with Crippen LogP contribution in [0.5, 0.6) is 0 Å². The van der Waals surface area contributed by atoms with Gasteiger partial charge in [0.15, 0.2) is 0 Å². The standard InChI is InChI=1S/C21H31N5O3/c1-3-24-9-11-25(12-10-24)15-20(28)26-8-7-22-21(29)18(26)14-19(27)23-17-6-4-5-16(2)13-17/h4-6,13,18H,3,7-12,14-15H2,1-2H3,(H,22,29)(H,23,27)/t18-/m0/s1. The van der Waals surface area contributed by atoms with Crippen LogP contribution >= 0.6 is 0 Å². The molecule has 3 amide bonds. The highest BCUT2D eigenvalue weighted by Gasteiger charge is 2.35. The van der Waals surface area contributed by atoms with Gasteiger partial charge in [-0.1, -0.05) is 19.1 Å². The van der Waals surface area contributed by atoms with Crippen LogP contribution in [0.4, 0.5) is 5.69 Å². The first-order chi connectivity index (χ1) is 14.0. The molecule has 8 nitrogen and oxygen atoms in total. The van der Waals surface area contributed by atoms with E-state index >= 15 is 0 Å². The van der Waals surface area contributed by atoms with Crippen molar-refractivity contribution in [1.82, 2.24) is 20.0 Å². The number of rotatable bonds is 6. The fourth-order valence-electron chi connectivity index (χ4n) is 3.87. The van der Waals surface area contributed by atoms with Gasteiger partial charge in [-0.25, -0.2) is 0 Å². The SMILES string of the molecule is CCN1CCN(CC(=O)N2CCNC(=O)[C@@H]2CC(=O)Nc2cccc(C)c2)CC1. The van der Waals surface area contributed by atoms with Crippen molar-refractivity contribution < 1.29 is 14.4 Å². The molecule has 0 aromatic heterocycles. The summed E-state index contributed by atoms with van der Waals surface area (Å²) in [5.74, 6) is -0.620. The van der Waals surface area contributed by atoms with Crippen LogP contribution in [-0.2, 0) is 14.4 Å². The van der Waals surface area contributed by atoms with E-state index in [1.165, 1.54) is 0 Å². The van der Waals surface area contributed by atoms with Crippen molar-refractivity contribution in [3.63, 3.8) is 0 Å². The summed E-state index contributed by atoms with van der Waals surface area (Å²) in [5, 5.41) is 5.61. The number of amides is 3. The zero-order valence-corrected chi connectivity index (χ0v) is 17.3. The summed E-state index contributed by atoms with van der Waals surface area (Å²) < 4.78 is 0. The van der Waals surface area contributed by atoms with E-state index in [0.717, 1.165) is 38.3 Å². The molecule has 8 heteroatoms. The van der Waals surface area contributed by atoms with E-state index in [4.69, 9.17) is 0 Å². The predicted octanol–water partition coefficient (Wildman–Crippen LogP) is 0.288. The van der Waals surface area contributed by atoms with Crippen molar-refractivity contribution in [1.29, 1.82) is 0 Å². The van der Waals surface area contributed by atoms with E-state index in [-0.39, 0.29) is 24.1 Å². The van der Waals surface area contributed by atoms with Crippen molar-refractivity contribution in [2.75, 3.05) is 57.7 Å². The maximum atomic E-state index is 12.9. The Balaban J connectivity index is 1.58. The summed E-state index contributed by atoms with van der Waals surface area (Å²) in [6.07, 6.45) is -0.0465. The summed E-state index contributed by atoms with van der Waals surface area (Å²) in [5.41, 5.74) is 1.73. The summed E-state index contributed by atoms with van der Waals surface area (Å²) in [4.78, 5) is 43.9. The van der Waals surface area contributed by atoms with Gasteiger partial charge in [-0.05, 0) is 31.2 Å². The van der Waals surface area contributed by atoms with Gasteiger partial charge in [-0.3, -0.25) is 19.3 Å². The molecule has 1 atom stereocenters. The monoisotopic (exact) mass is 401 g/mol. The summed E-state index contributed by atoms with van der Waals surface area (Å²) in [7, 11) is 0. The average molecular weight is 402 g/mol. The number of aryl methyl sites for hydroxylation is 1. The molecule has 2 N–H and O–H groups in total. The lowest BCUT2D eigenvalue weighted by Gasteiger charge is -2.38. The van der Waals surface area contributed by atoms with Gasteiger partial charge in [0.1, 0.15) is 6.04 Å². The highest BCUT2D eigenvalue weighted by molar-refractivity contribution is 5.97. The number of likely N-dealkylation sites (N-methyl/N-ethyl adjacent to an activating group) is 1. The zero-order chi connectivity index (χ0) is 20.8. The minimum Gasteiger partial charge on any atom is -0.353 e. The van der Waals surface area contributed by atoms with Gasteiger partial charge in [0.25, 0.3) is 0 Å². The lowest BCUT2D eigenvalue weighted by Crippen LogP contribution is -2.60. The average Bonchev–Trinajstić information content (AvgIpc) is 2.70. The molecule has 0 spiro atoms. The molecule has 1 aromatic carbocycles. The molecule has 0 bridgehead atoms. The number of piperazine rings is 2. The normalized spacial score (nSPS) is 21.0. The van der Waals surface area contributed by atoms with E-state index in [9.17, 15) is 14.4 Å². The summed E-state index contributed by atoms with van der Waals surface area (Å²) >= 11 is 0. The molecule has 0 unspecified atom stereocenters. The van der Waals surface area contributed by atoms with E-state index < -0.39 is 6.04 Å². The molecule has 0 aliphatic carbocycles. The maximum absolute atomic E-state index is 12.9. The van der Waals surface area contributed by atoms with Crippen molar-refractivity contribution in [3.8, 4) is 0 Å². The van der Waals surface area contributed by atoms with Crippen LogP contribution in [0.15, 0.2) is 24.3 Å². The third-order valence-electron chi connectivity index (χ3n) is 5.60. The molecule has 29 heavy (non-hydrogen) atoms. The molecule has 2 aliphatic rings. The first-order valence-corrected chi connectivity index (χ1v) is 10.3. The molecule has 3 rings (SSSR count). The topological polar surface area (TPSA) is 85.0 Å². The van der Waals surface area contributed by atoms with E-state index in [1.807, 2.05) is 31.2 Å². The fourth-order valence-corrected chi connectivity index (χ4v) is 3.87. The Bertz CT molecular complexity index is 746. The lowest BCUT2D eigenvalue weighted by molar-refractivity contribution is -0.145. The third kappa shape index (κ3) is 5.77. The van der Waals surface area contributed by atoms with Crippen LogP contribution in [-0.4, -0.2) is 90.8 Å². The second-order valence-electron chi connectivity index (χ2n) is 7.73. The van der Waals surface area contributed by atoms with E-state index in [2.05, 4.69) is 27.4 Å². The Morgan fingerprint density at radius 3 is 2.55 bits per heavy atom. The number of benzene rings is 1. The van der Waals surface area contributed by atoms with Gasteiger partial charge in [-0.15, -0.1) is 0 Å². The van der Waals surface area contributed by atoms with Crippen LogP contribution in [0.1, 0.15) is 18.9 Å². The van der Waals surface area contributed by atoms with Crippen molar-refractivity contribution in [2.45, 2.75) is 26.3 Å². The van der Waals surface area contributed by atoms with Crippen molar-refractivity contribution in [3.05, 3.63) is 29.8 Å². The summed E-state index contributed by atoms with van der Waals surface area (Å²) in [6, 6.07) is 6.73. The number of anilines is 1. The number of hydrogen-bond donors (Lipinski definition) is 2.